The van der Waals surface area contributed by atoms with Crippen molar-refractivity contribution in [2.24, 2.45) is 23.2 Å². The Labute approximate surface area is 107 Å². The van der Waals surface area contributed by atoms with Crippen LogP contribution in [0.1, 0.15) is 38.5 Å². The Morgan fingerprint density at radius 3 is 2.11 bits per heavy atom. The van der Waals surface area contributed by atoms with E-state index in [-0.39, 0.29) is 11.4 Å². The first-order valence-corrected chi connectivity index (χ1v) is 6.94. The molecule has 0 radical (unpaired) electrons. The fraction of sp³-hybridized carbons (Fsp3) is 0.857. The summed E-state index contributed by atoms with van der Waals surface area (Å²) in [5, 5.41) is 2.74. The van der Waals surface area contributed by atoms with Gasteiger partial charge in [-0.05, 0) is 56.3 Å². The van der Waals surface area contributed by atoms with E-state index in [4.69, 9.17) is 4.74 Å². The van der Waals surface area contributed by atoms with Crippen LogP contribution in [0.15, 0.2) is 0 Å². The Kier molecular flexibility index (Phi) is 2.83. The van der Waals surface area contributed by atoms with Crippen LogP contribution in [0.4, 0.5) is 0 Å². The highest BCUT2D eigenvalue weighted by molar-refractivity contribution is 5.79. The average Bonchev–Trinajstić information content (AvgIpc) is 2.33. The van der Waals surface area contributed by atoms with Crippen molar-refractivity contribution in [2.75, 3.05) is 7.11 Å². The van der Waals surface area contributed by atoms with E-state index < -0.39 is 6.04 Å². The molecule has 4 fully saturated rings. The van der Waals surface area contributed by atoms with Gasteiger partial charge in [0.1, 0.15) is 6.04 Å². The van der Waals surface area contributed by atoms with E-state index in [0.717, 1.165) is 37.0 Å². The van der Waals surface area contributed by atoms with Gasteiger partial charge in [0.15, 0.2) is 0 Å². The van der Waals surface area contributed by atoms with Crippen molar-refractivity contribution >= 4 is 12.4 Å². The second-order valence-electron chi connectivity index (χ2n) is 6.52. The number of nitrogens with one attached hydrogen (secondary N) is 1. The third-order valence-electron chi connectivity index (χ3n) is 5.37. The van der Waals surface area contributed by atoms with Crippen LogP contribution in [0.2, 0.25) is 0 Å². The number of ether oxygens (including phenoxy) is 1. The molecule has 18 heavy (non-hydrogen) atoms. The molecule has 100 valence electrons. The van der Waals surface area contributed by atoms with Crippen LogP contribution in [-0.2, 0) is 14.3 Å². The maximum atomic E-state index is 12.0. The number of hydrogen-bond acceptors (Lipinski definition) is 3. The first-order valence-electron chi connectivity index (χ1n) is 6.94. The van der Waals surface area contributed by atoms with Gasteiger partial charge in [-0.15, -0.1) is 0 Å². The van der Waals surface area contributed by atoms with Gasteiger partial charge in [-0.3, -0.25) is 4.79 Å². The van der Waals surface area contributed by atoms with E-state index in [1.807, 2.05) is 0 Å². The van der Waals surface area contributed by atoms with E-state index in [1.54, 1.807) is 0 Å². The molecule has 0 heterocycles. The molecule has 4 heteroatoms. The van der Waals surface area contributed by atoms with Crippen LogP contribution < -0.4 is 5.32 Å². The molecule has 0 aromatic rings. The standard InChI is InChI=1S/C14H21NO3/c1-18-13(17)12(15-8-16)14-5-9-2-10(6-14)4-11(3-9)7-14/h8-12H,2-7H2,1H3,(H,15,16)/t9?,10?,11?,12-,14?/m1/s1. The topological polar surface area (TPSA) is 55.4 Å². The number of rotatable bonds is 4. The summed E-state index contributed by atoms with van der Waals surface area (Å²) in [5.41, 5.74) is -0.0250. The molecular formula is C14H21NO3. The molecule has 0 aliphatic heterocycles. The zero-order valence-corrected chi connectivity index (χ0v) is 10.9. The summed E-state index contributed by atoms with van der Waals surface area (Å²) in [6.45, 7) is 0. The van der Waals surface area contributed by atoms with Gasteiger partial charge in [0.05, 0.1) is 7.11 Å². The van der Waals surface area contributed by atoms with E-state index in [2.05, 4.69) is 5.32 Å². The van der Waals surface area contributed by atoms with Gasteiger partial charge in [-0.1, -0.05) is 0 Å². The quantitative estimate of drug-likeness (QED) is 0.608. The van der Waals surface area contributed by atoms with E-state index in [0.29, 0.717) is 6.41 Å². The van der Waals surface area contributed by atoms with Gasteiger partial charge < -0.3 is 10.1 Å². The number of methoxy groups -OCH3 is 1. The lowest BCUT2D eigenvalue weighted by atomic mass is 9.47. The molecule has 0 aromatic heterocycles. The maximum absolute atomic E-state index is 12.0. The Bertz CT molecular complexity index is 331. The predicted molar refractivity (Wildman–Crippen MR) is 65.6 cm³/mol. The normalized spacial score (nSPS) is 42.4. The second-order valence-corrected chi connectivity index (χ2v) is 6.52. The summed E-state index contributed by atoms with van der Waals surface area (Å²) in [6, 6.07) is -0.437. The van der Waals surface area contributed by atoms with Crippen molar-refractivity contribution in [3.63, 3.8) is 0 Å². The Morgan fingerprint density at radius 1 is 1.22 bits per heavy atom. The number of carbonyl (C=O) groups excluding carboxylic acids is 2. The fourth-order valence-corrected chi connectivity index (χ4v) is 5.21. The summed E-state index contributed by atoms with van der Waals surface area (Å²) in [7, 11) is 1.41. The molecular weight excluding hydrogens is 230 g/mol. The summed E-state index contributed by atoms with van der Waals surface area (Å²) < 4.78 is 4.89. The van der Waals surface area contributed by atoms with Crippen LogP contribution in [0, 0.1) is 23.2 Å². The Hall–Kier alpha value is -1.06. The van der Waals surface area contributed by atoms with E-state index in [9.17, 15) is 9.59 Å². The number of amides is 1. The van der Waals surface area contributed by atoms with Crippen LogP contribution in [0.3, 0.4) is 0 Å². The largest absolute Gasteiger partial charge is 0.467 e. The minimum absolute atomic E-state index is 0.0250. The molecule has 4 nitrogen and oxygen atoms in total. The molecule has 4 aliphatic rings. The van der Waals surface area contributed by atoms with Gasteiger partial charge in [0.2, 0.25) is 6.41 Å². The van der Waals surface area contributed by atoms with Gasteiger partial charge in [0.25, 0.3) is 0 Å². The minimum Gasteiger partial charge on any atom is -0.467 e. The Morgan fingerprint density at radius 2 is 1.72 bits per heavy atom. The van der Waals surface area contributed by atoms with Crippen molar-refractivity contribution < 1.29 is 14.3 Å². The lowest BCUT2D eigenvalue weighted by Crippen LogP contribution is -2.58. The summed E-state index contributed by atoms with van der Waals surface area (Å²) >= 11 is 0. The molecule has 0 saturated heterocycles. The molecule has 4 rings (SSSR count). The third kappa shape index (κ3) is 1.73. The highest BCUT2D eigenvalue weighted by Crippen LogP contribution is 2.61. The van der Waals surface area contributed by atoms with E-state index >= 15 is 0 Å². The average molecular weight is 251 g/mol. The predicted octanol–water partition coefficient (Wildman–Crippen LogP) is 1.49. The second kappa shape index (κ2) is 4.25. The van der Waals surface area contributed by atoms with Crippen molar-refractivity contribution in [3.8, 4) is 0 Å². The maximum Gasteiger partial charge on any atom is 0.328 e. The van der Waals surface area contributed by atoms with Gasteiger partial charge >= 0.3 is 5.97 Å². The van der Waals surface area contributed by atoms with Gasteiger partial charge in [-0.2, -0.15) is 0 Å². The lowest BCUT2D eigenvalue weighted by molar-refractivity contribution is -0.156. The minimum atomic E-state index is -0.437. The van der Waals surface area contributed by atoms with Gasteiger partial charge in [0, 0.05) is 5.41 Å². The van der Waals surface area contributed by atoms with Crippen LogP contribution in [-0.4, -0.2) is 25.5 Å². The highest BCUT2D eigenvalue weighted by atomic mass is 16.5. The monoisotopic (exact) mass is 251 g/mol. The van der Waals surface area contributed by atoms with Crippen LogP contribution in [0.5, 0.6) is 0 Å². The molecule has 1 atom stereocenters. The highest BCUT2D eigenvalue weighted by Gasteiger charge is 2.56. The molecule has 4 aliphatic carbocycles. The number of hydrogen-bond donors (Lipinski definition) is 1. The zero-order chi connectivity index (χ0) is 12.8. The zero-order valence-electron chi connectivity index (χ0n) is 10.9. The van der Waals surface area contributed by atoms with Gasteiger partial charge in [-0.25, -0.2) is 4.79 Å². The first-order chi connectivity index (χ1) is 8.66. The van der Waals surface area contributed by atoms with Crippen LogP contribution in [0.25, 0.3) is 0 Å². The summed E-state index contributed by atoms with van der Waals surface area (Å²) in [4.78, 5) is 22.8. The molecule has 0 aromatic carbocycles. The first kappa shape index (κ1) is 12.0. The fourth-order valence-electron chi connectivity index (χ4n) is 5.21. The van der Waals surface area contributed by atoms with Crippen molar-refractivity contribution in [3.05, 3.63) is 0 Å². The summed E-state index contributed by atoms with van der Waals surface area (Å²) in [5.74, 6) is 2.01. The van der Waals surface area contributed by atoms with Crippen molar-refractivity contribution in [2.45, 2.75) is 44.6 Å². The van der Waals surface area contributed by atoms with Crippen LogP contribution >= 0.6 is 0 Å². The molecule has 0 spiro atoms. The molecule has 4 saturated carbocycles. The molecule has 1 N–H and O–H groups in total. The third-order valence-corrected chi connectivity index (χ3v) is 5.37. The number of carbonyl (C=O) groups is 2. The van der Waals surface area contributed by atoms with E-state index in [1.165, 1.54) is 26.4 Å². The molecule has 1 amide bonds. The van der Waals surface area contributed by atoms with Crippen molar-refractivity contribution in [1.82, 2.24) is 5.32 Å². The smallest absolute Gasteiger partial charge is 0.328 e. The lowest BCUT2D eigenvalue weighted by Gasteiger charge is -2.58. The Balaban J connectivity index is 1.88. The number of esters is 1. The molecule has 4 bridgehead atoms. The SMILES string of the molecule is COC(=O)[C@@H](NC=O)C12CC3CC(CC(C3)C1)C2. The summed E-state index contributed by atoms with van der Waals surface area (Å²) in [6.07, 6.45) is 7.88. The molecule has 0 unspecified atom stereocenters. The van der Waals surface area contributed by atoms with Crippen molar-refractivity contribution in [1.29, 1.82) is 0 Å².